The first-order valence-corrected chi connectivity index (χ1v) is 4.32. The number of hydrogen-bond acceptors (Lipinski definition) is 1. The molecule has 0 fully saturated rings. The average Bonchev–Trinajstić information content (AvgIpc) is 2.31. The van der Waals surface area contributed by atoms with Gasteiger partial charge in [0.15, 0.2) is 0 Å². The van der Waals surface area contributed by atoms with Gasteiger partial charge >= 0.3 is 0 Å². The van der Waals surface area contributed by atoms with Crippen LogP contribution in [-0.4, -0.2) is 9.20 Å². The molecule has 0 radical (unpaired) electrons. The molecule has 62 valence electrons. The zero-order chi connectivity index (χ0) is 8.72. The van der Waals surface area contributed by atoms with E-state index in [0.29, 0.717) is 0 Å². The van der Waals surface area contributed by atoms with Gasteiger partial charge in [0.25, 0.3) is 5.56 Å². The molecule has 2 rings (SSSR count). The molecule has 0 aliphatic heterocycles. The van der Waals surface area contributed by atoms with E-state index in [2.05, 4.69) is 15.9 Å². The van der Waals surface area contributed by atoms with Gasteiger partial charge in [-0.2, -0.15) is 0 Å². The fourth-order valence-electron chi connectivity index (χ4n) is 1.18. The highest BCUT2D eigenvalue weighted by Crippen LogP contribution is 2.10. The summed E-state index contributed by atoms with van der Waals surface area (Å²) in [7, 11) is 1.74. The summed E-state index contributed by atoms with van der Waals surface area (Å²) in [6.07, 6.45) is 1.86. The molecule has 0 aromatic carbocycles. The van der Waals surface area contributed by atoms with Crippen LogP contribution in [0.25, 0.3) is 5.52 Å². The largest absolute Gasteiger partial charge is 0.268 e. The lowest BCUT2D eigenvalue weighted by Gasteiger charge is -1.98. The van der Waals surface area contributed by atoms with Crippen LogP contribution in [0, 0.1) is 0 Å². The van der Waals surface area contributed by atoms with E-state index in [1.54, 1.807) is 22.3 Å². The Morgan fingerprint density at radius 2 is 2.17 bits per heavy atom. The number of hydrogen-bond donors (Lipinski definition) is 0. The van der Waals surface area contributed by atoms with Crippen molar-refractivity contribution in [3.63, 3.8) is 0 Å². The van der Waals surface area contributed by atoms with Crippen LogP contribution in [-0.2, 0) is 7.05 Å². The molecule has 0 N–H and O–H groups in total. The van der Waals surface area contributed by atoms with E-state index in [-0.39, 0.29) is 5.56 Å². The van der Waals surface area contributed by atoms with E-state index in [1.807, 2.05) is 18.3 Å². The normalized spacial score (nSPS) is 10.8. The van der Waals surface area contributed by atoms with Gasteiger partial charge in [-0.05, 0) is 28.1 Å². The maximum atomic E-state index is 11.2. The predicted molar refractivity (Wildman–Crippen MR) is 50.3 cm³/mol. The molecule has 2 aromatic heterocycles. The topological polar surface area (TPSA) is 26.4 Å². The standard InChI is InChI=1S/C8H7BrN2O/c1-10-8(12)4-7-3-2-6(9)5-11(7)10/h2-5H,1H3. The van der Waals surface area contributed by atoms with Crippen LogP contribution in [0.2, 0.25) is 0 Å². The molecule has 0 aliphatic carbocycles. The second-order valence-electron chi connectivity index (χ2n) is 2.62. The van der Waals surface area contributed by atoms with Crippen LogP contribution in [0.1, 0.15) is 0 Å². The number of halogens is 1. The van der Waals surface area contributed by atoms with Crippen molar-refractivity contribution in [2.75, 3.05) is 0 Å². The lowest BCUT2D eigenvalue weighted by Crippen LogP contribution is -2.13. The number of aromatic nitrogens is 2. The van der Waals surface area contributed by atoms with Crippen LogP contribution in [0.3, 0.4) is 0 Å². The summed E-state index contributed by atoms with van der Waals surface area (Å²) in [5.74, 6) is 0. The van der Waals surface area contributed by atoms with Crippen molar-refractivity contribution in [3.8, 4) is 0 Å². The number of nitrogens with zero attached hydrogens (tertiary/aromatic N) is 2. The Bertz CT molecular complexity index is 483. The third-order valence-electron chi connectivity index (χ3n) is 1.84. The quantitative estimate of drug-likeness (QED) is 0.668. The predicted octanol–water partition coefficient (Wildman–Crippen LogP) is 1.40. The summed E-state index contributed by atoms with van der Waals surface area (Å²) in [5, 5.41) is 0. The van der Waals surface area contributed by atoms with Gasteiger partial charge in [-0.3, -0.25) is 9.31 Å². The van der Waals surface area contributed by atoms with E-state index < -0.39 is 0 Å². The molecule has 0 atom stereocenters. The van der Waals surface area contributed by atoms with E-state index in [9.17, 15) is 4.79 Å². The first kappa shape index (κ1) is 7.61. The summed E-state index contributed by atoms with van der Waals surface area (Å²) in [6.45, 7) is 0. The number of pyridine rings is 1. The SMILES string of the molecule is Cn1c(=O)cc2ccc(Br)cn21. The van der Waals surface area contributed by atoms with Crippen molar-refractivity contribution in [1.29, 1.82) is 0 Å². The molecule has 12 heavy (non-hydrogen) atoms. The number of rotatable bonds is 0. The van der Waals surface area contributed by atoms with Gasteiger partial charge < -0.3 is 0 Å². The maximum absolute atomic E-state index is 11.2. The van der Waals surface area contributed by atoms with Gasteiger partial charge in [0.05, 0.1) is 5.52 Å². The van der Waals surface area contributed by atoms with Crippen LogP contribution < -0.4 is 5.56 Å². The van der Waals surface area contributed by atoms with E-state index in [4.69, 9.17) is 0 Å². The number of aryl methyl sites for hydroxylation is 1. The molecule has 0 unspecified atom stereocenters. The second kappa shape index (κ2) is 2.48. The second-order valence-corrected chi connectivity index (χ2v) is 3.54. The smallest absolute Gasteiger partial charge is 0.267 e. The molecule has 0 spiro atoms. The van der Waals surface area contributed by atoms with Gasteiger partial charge in [0.1, 0.15) is 0 Å². The zero-order valence-corrected chi connectivity index (χ0v) is 8.08. The Hall–Kier alpha value is -1.03. The van der Waals surface area contributed by atoms with Crippen LogP contribution in [0.4, 0.5) is 0 Å². The highest BCUT2D eigenvalue weighted by atomic mass is 79.9. The summed E-state index contributed by atoms with van der Waals surface area (Å²) >= 11 is 3.34. The molecule has 4 heteroatoms. The van der Waals surface area contributed by atoms with Gasteiger partial charge in [-0.15, -0.1) is 0 Å². The van der Waals surface area contributed by atoms with Crippen molar-refractivity contribution in [2.24, 2.45) is 7.05 Å². The van der Waals surface area contributed by atoms with E-state index >= 15 is 0 Å². The first-order valence-electron chi connectivity index (χ1n) is 3.52. The Labute approximate surface area is 77.3 Å². The highest BCUT2D eigenvalue weighted by molar-refractivity contribution is 9.10. The number of fused-ring (bicyclic) bond motifs is 1. The van der Waals surface area contributed by atoms with Crippen molar-refractivity contribution in [1.82, 2.24) is 9.20 Å². The Balaban J connectivity index is 2.98. The molecule has 2 heterocycles. The molecule has 3 nitrogen and oxygen atoms in total. The van der Waals surface area contributed by atoms with Crippen molar-refractivity contribution >= 4 is 21.4 Å². The third-order valence-corrected chi connectivity index (χ3v) is 2.31. The van der Waals surface area contributed by atoms with Crippen molar-refractivity contribution < 1.29 is 0 Å². The van der Waals surface area contributed by atoms with Crippen LogP contribution in [0.5, 0.6) is 0 Å². The Kier molecular flexibility index (Phi) is 1.58. The minimum atomic E-state index is 0.00750. The molecule has 0 aliphatic rings. The monoisotopic (exact) mass is 226 g/mol. The Morgan fingerprint density at radius 1 is 1.42 bits per heavy atom. The lowest BCUT2D eigenvalue weighted by atomic mass is 10.4. The summed E-state index contributed by atoms with van der Waals surface area (Å²) in [4.78, 5) is 11.2. The molecular weight excluding hydrogens is 220 g/mol. The minimum absolute atomic E-state index is 0.00750. The Morgan fingerprint density at radius 3 is 2.92 bits per heavy atom. The zero-order valence-electron chi connectivity index (χ0n) is 6.49. The molecular formula is C8H7BrN2O. The van der Waals surface area contributed by atoms with Gasteiger partial charge in [-0.25, -0.2) is 4.68 Å². The maximum Gasteiger partial charge on any atom is 0.267 e. The van der Waals surface area contributed by atoms with Crippen molar-refractivity contribution in [3.05, 3.63) is 39.2 Å². The van der Waals surface area contributed by atoms with Gasteiger partial charge in [-0.1, -0.05) is 0 Å². The minimum Gasteiger partial charge on any atom is -0.268 e. The van der Waals surface area contributed by atoms with Crippen molar-refractivity contribution in [2.45, 2.75) is 0 Å². The van der Waals surface area contributed by atoms with Gasteiger partial charge in [0.2, 0.25) is 0 Å². The highest BCUT2D eigenvalue weighted by Gasteiger charge is 1.99. The molecule has 0 saturated heterocycles. The summed E-state index contributed by atoms with van der Waals surface area (Å²) < 4.78 is 4.31. The fraction of sp³-hybridized carbons (Fsp3) is 0.125. The molecule has 0 amide bonds. The van der Waals surface area contributed by atoms with E-state index in [0.717, 1.165) is 9.99 Å². The average molecular weight is 227 g/mol. The van der Waals surface area contributed by atoms with Crippen LogP contribution in [0.15, 0.2) is 33.7 Å². The van der Waals surface area contributed by atoms with Crippen LogP contribution >= 0.6 is 15.9 Å². The summed E-state index contributed by atoms with van der Waals surface area (Å²) in [6, 6.07) is 5.41. The molecule has 0 bridgehead atoms. The molecule has 0 saturated carbocycles. The first-order chi connectivity index (χ1) is 5.68. The lowest BCUT2D eigenvalue weighted by molar-refractivity contribution is 0.679. The molecule has 2 aromatic rings. The fourth-order valence-corrected chi connectivity index (χ4v) is 1.50. The summed E-state index contributed by atoms with van der Waals surface area (Å²) in [5.41, 5.74) is 0.916. The van der Waals surface area contributed by atoms with E-state index in [1.165, 1.54) is 0 Å². The third kappa shape index (κ3) is 0.992. The van der Waals surface area contributed by atoms with Gasteiger partial charge in [0, 0.05) is 23.8 Å².